The molecule has 116 valence electrons. The number of anilines is 1. The number of nitrogens with zero attached hydrogens (tertiary/aromatic N) is 3. The first-order valence-corrected chi connectivity index (χ1v) is 8.90. The van der Waals surface area contributed by atoms with Crippen molar-refractivity contribution >= 4 is 22.1 Å². The Hall–Kier alpha value is -1.07. The van der Waals surface area contributed by atoms with Crippen LogP contribution in [0.2, 0.25) is 0 Å². The van der Waals surface area contributed by atoms with Gasteiger partial charge in [-0.25, -0.2) is 4.98 Å². The van der Waals surface area contributed by atoms with Crippen LogP contribution < -0.4 is 4.90 Å². The normalized spacial score (nSPS) is 16.4. The quantitative estimate of drug-likeness (QED) is 0.885. The molecule has 4 nitrogen and oxygen atoms in total. The predicted octanol–water partition coefficient (Wildman–Crippen LogP) is 3.68. The summed E-state index contributed by atoms with van der Waals surface area (Å²) >= 11 is 1.64. The molecular formula is C16H25N3OS. The van der Waals surface area contributed by atoms with Crippen LogP contribution in [-0.2, 0) is 6.61 Å². The second-order valence-electron chi connectivity index (χ2n) is 6.41. The van der Waals surface area contributed by atoms with Crippen LogP contribution in [-0.4, -0.2) is 27.1 Å². The summed E-state index contributed by atoms with van der Waals surface area (Å²) in [5, 5.41) is 11.8. The Morgan fingerprint density at radius 2 is 2.19 bits per heavy atom. The standard InChI is InChI=1S/C16H25N3OS/c1-12(2)7-8-18(13-5-3-4-6-13)15-14(11-20)19-9-10-21-16(19)17-15/h9-10,12-13,20H,3-8,11H2,1-2H3. The van der Waals surface area contributed by atoms with Crippen LogP contribution in [0, 0.1) is 5.92 Å². The number of aliphatic hydroxyl groups is 1. The van der Waals surface area contributed by atoms with E-state index in [0.29, 0.717) is 12.0 Å². The molecule has 2 heterocycles. The third-order valence-corrected chi connectivity index (χ3v) is 5.23. The molecular weight excluding hydrogens is 282 g/mol. The molecule has 1 aliphatic rings. The first kappa shape index (κ1) is 14.9. The highest BCUT2D eigenvalue weighted by atomic mass is 32.1. The molecule has 5 heteroatoms. The molecule has 0 aliphatic heterocycles. The molecule has 0 radical (unpaired) electrons. The minimum atomic E-state index is 0.0537. The third kappa shape index (κ3) is 2.94. The van der Waals surface area contributed by atoms with Crippen LogP contribution in [0.15, 0.2) is 11.6 Å². The molecule has 3 rings (SSSR count). The van der Waals surface area contributed by atoms with Gasteiger partial charge < -0.3 is 10.0 Å². The average molecular weight is 307 g/mol. The maximum atomic E-state index is 9.81. The fourth-order valence-corrected chi connectivity index (χ4v) is 4.00. The summed E-state index contributed by atoms with van der Waals surface area (Å²) < 4.78 is 2.04. The molecule has 0 spiro atoms. The zero-order valence-corrected chi connectivity index (χ0v) is 13.8. The monoisotopic (exact) mass is 307 g/mol. The van der Waals surface area contributed by atoms with Crippen molar-refractivity contribution in [3.05, 3.63) is 17.3 Å². The Morgan fingerprint density at radius 1 is 1.43 bits per heavy atom. The van der Waals surface area contributed by atoms with Gasteiger partial charge in [0.05, 0.1) is 12.3 Å². The summed E-state index contributed by atoms with van der Waals surface area (Å²) in [6.07, 6.45) is 8.34. The van der Waals surface area contributed by atoms with E-state index >= 15 is 0 Å². The van der Waals surface area contributed by atoms with Crippen molar-refractivity contribution in [3.63, 3.8) is 0 Å². The van der Waals surface area contributed by atoms with E-state index in [1.54, 1.807) is 11.3 Å². The highest BCUT2D eigenvalue weighted by molar-refractivity contribution is 7.15. The summed E-state index contributed by atoms with van der Waals surface area (Å²) in [4.78, 5) is 8.27. The molecule has 2 aromatic heterocycles. The molecule has 0 bridgehead atoms. The maximum Gasteiger partial charge on any atom is 0.195 e. The first-order chi connectivity index (χ1) is 10.2. The fourth-order valence-electron chi connectivity index (χ4n) is 3.27. The van der Waals surface area contributed by atoms with Gasteiger partial charge in [-0.2, -0.15) is 0 Å². The lowest BCUT2D eigenvalue weighted by molar-refractivity contribution is 0.275. The number of aliphatic hydroxyl groups excluding tert-OH is 1. The van der Waals surface area contributed by atoms with Crippen LogP contribution in [0.1, 0.15) is 51.6 Å². The van der Waals surface area contributed by atoms with E-state index < -0.39 is 0 Å². The van der Waals surface area contributed by atoms with E-state index in [-0.39, 0.29) is 6.61 Å². The molecule has 0 atom stereocenters. The summed E-state index contributed by atoms with van der Waals surface area (Å²) in [6.45, 7) is 5.63. The molecule has 1 N–H and O–H groups in total. The van der Waals surface area contributed by atoms with Crippen LogP contribution in [0.3, 0.4) is 0 Å². The van der Waals surface area contributed by atoms with Crippen LogP contribution in [0.25, 0.3) is 4.96 Å². The lowest BCUT2D eigenvalue weighted by Crippen LogP contribution is -2.35. The fraction of sp³-hybridized carbons (Fsp3) is 0.688. The van der Waals surface area contributed by atoms with Gasteiger partial charge in [0.15, 0.2) is 10.8 Å². The van der Waals surface area contributed by atoms with Gasteiger partial charge in [0.2, 0.25) is 0 Å². The molecule has 1 aliphatic carbocycles. The summed E-state index contributed by atoms with van der Waals surface area (Å²) in [5.74, 6) is 1.70. The van der Waals surface area contributed by atoms with Gasteiger partial charge in [-0.05, 0) is 25.2 Å². The predicted molar refractivity (Wildman–Crippen MR) is 88.0 cm³/mol. The molecule has 2 aromatic rings. The van der Waals surface area contributed by atoms with E-state index in [1.165, 1.54) is 32.1 Å². The zero-order chi connectivity index (χ0) is 14.8. The highest BCUT2D eigenvalue weighted by Gasteiger charge is 2.27. The first-order valence-electron chi connectivity index (χ1n) is 8.02. The molecule has 21 heavy (non-hydrogen) atoms. The Bertz CT molecular complexity index is 583. The summed E-state index contributed by atoms with van der Waals surface area (Å²) in [7, 11) is 0. The Balaban J connectivity index is 1.93. The van der Waals surface area contributed by atoms with Crippen molar-refractivity contribution in [1.29, 1.82) is 0 Å². The van der Waals surface area contributed by atoms with Crippen molar-refractivity contribution in [2.75, 3.05) is 11.4 Å². The number of hydrogen-bond acceptors (Lipinski definition) is 4. The van der Waals surface area contributed by atoms with Gasteiger partial charge in [0.25, 0.3) is 0 Å². The third-order valence-electron chi connectivity index (χ3n) is 4.47. The summed E-state index contributed by atoms with van der Waals surface area (Å²) in [6, 6.07) is 0.596. The van der Waals surface area contributed by atoms with Crippen LogP contribution in [0.5, 0.6) is 0 Å². The van der Waals surface area contributed by atoms with Crippen molar-refractivity contribution in [2.45, 2.75) is 58.6 Å². The smallest absolute Gasteiger partial charge is 0.195 e. The Kier molecular flexibility index (Phi) is 4.50. The number of rotatable bonds is 6. The van der Waals surface area contributed by atoms with E-state index in [4.69, 9.17) is 4.98 Å². The lowest BCUT2D eigenvalue weighted by atomic mass is 10.1. The van der Waals surface area contributed by atoms with Gasteiger partial charge in [-0.3, -0.25) is 4.40 Å². The zero-order valence-electron chi connectivity index (χ0n) is 13.0. The number of aromatic nitrogens is 2. The van der Waals surface area contributed by atoms with Gasteiger partial charge in [-0.15, -0.1) is 11.3 Å². The second-order valence-corrected chi connectivity index (χ2v) is 7.28. The molecule has 0 unspecified atom stereocenters. The number of imidazole rings is 1. The minimum Gasteiger partial charge on any atom is -0.390 e. The topological polar surface area (TPSA) is 40.8 Å². The molecule has 0 amide bonds. The SMILES string of the molecule is CC(C)CCN(c1nc2sccn2c1CO)C1CCCC1. The van der Waals surface area contributed by atoms with Crippen LogP contribution >= 0.6 is 11.3 Å². The van der Waals surface area contributed by atoms with Crippen molar-refractivity contribution in [1.82, 2.24) is 9.38 Å². The summed E-state index contributed by atoms with van der Waals surface area (Å²) in [5.41, 5.74) is 0.946. The van der Waals surface area contributed by atoms with Gasteiger partial charge >= 0.3 is 0 Å². The Morgan fingerprint density at radius 3 is 2.86 bits per heavy atom. The maximum absolute atomic E-state index is 9.81. The van der Waals surface area contributed by atoms with Gasteiger partial charge in [-0.1, -0.05) is 26.7 Å². The molecule has 0 aromatic carbocycles. The molecule has 0 saturated heterocycles. The van der Waals surface area contributed by atoms with E-state index in [9.17, 15) is 5.11 Å². The highest BCUT2D eigenvalue weighted by Crippen LogP contribution is 2.32. The Labute approximate surface area is 130 Å². The van der Waals surface area contributed by atoms with Crippen molar-refractivity contribution < 1.29 is 5.11 Å². The second kappa shape index (κ2) is 6.36. The average Bonchev–Trinajstić information content (AvgIpc) is 3.14. The van der Waals surface area contributed by atoms with Crippen molar-refractivity contribution in [2.24, 2.45) is 5.92 Å². The van der Waals surface area contributed by atoms with Crippen molar-refractivity contribution in [3.8, 4) is 0 Å². The van der Waals surface area contributed by atoms with Crippen LogP contribution in [0.4, 0.5) is 5.82 Å². The largest absolute Gasteiger partial charge is 0.390 e. The van der Waals surface area contributed by atoms with E-state index in [0.717, 1.165) is 23.0 Å². The van der Waals surface area contributed by atoms with E-state index in [1.807, 2.05) is 16.0 Å². The number of hydrogen-bond donors (Lipinski definition) is 1. The number of fused-ring (bicyclic) bond motifs is 1. The number of thiazole rings is 1. The lowest BCUT2D eigenvalue weighted by Gasteiger charge is -2.30. The molecule has 1 fully saturated rings. The van der Waals surface area contributed by atoms with E-state index in [2.05, 4.69) is 18.7 Å². The molecule has 1 saturated carbocycles. The van der Waals surface area contributed by atoms with Gasteiger partial charge in [0, 0.05) is 24.2 Å². The van der Waals surface area contributed by atoms with Gasteiger partial charge in [0.1, 0.15) is 0 Å². The minimum absolute atomic E-state index is 0.0537.